The van der Waals surface area contributed by atoms with Crippen LogP contribution in [0.25, 0.3) is 11.0 Å². The van der Waals surface area contributed by atoms with Gasteiger partial charge in [-0.1, -0.05) is 21.9 Å². The lowest BCUT2D eigenvalue weighted by Gasteiger charge is -2.46. The van der Waals surface area contributed by atoms with Gasteiger partial charge in [-0.15, -0.1) is 6.42 Å². The van der Waals surface area contributed by atoms with Crippen molar-refractivity contribution in [1.82, 2.24) is 19.4 Å². The first-order valence-corrected chi connectivity index (χ1v) is 17.8. The van der Waals surface area contributed by atoms with E-state index in [1.165, 1.54) is 0 Å². The van der Waals surface area contributed by atoms with E-state index in [-0.39, 0.29) is 31.6 Å². The molecule has 2 aliphatic heterocycles. The van der Waals surface area contributed by atoms with Crippen LogP contribution in [0.15, 0.2) is 41.1 Å². The first-order valence-electron chi connectivity index (χ1n) is 17.0. The zero-order chi connectivity index (χ0) is 35.3. The molecule has 0 N–H and O–H groups in total. The third kappa shape index (κ3) is 9.39. The number of anilines is 1. The van der Waals surface area contributed by atoms with Crippen LogP contribution in [0.4, 0.5) is 10.5 Å². The molecule has 2 aromatic heterocycles. The molecule has 0 unspecified atom stereocenters. The fourth-order valence-electron chi connectivity index (χ4n) is 6.11. The molecule has 3 aromatic rings. The summed E-state index contributed by atoms with van der Waals surface area (Å²) >= 11 is 3.57. The Balaban J connectivity index is 1.07. The molecule has 13 nitrogen and oxygen atoms in total. The number of pyridine rings is 1. The molecular formula is C36H46BrN5O8. The number of fused-ring (bicyclic) bond motifs is 3. The van der Waals surface area contributed by atoms with E-state index in [0.29, 0.717) is 72.6 Å². The lowest BCUT2D eigenvalue weighted by molar-refractivity contribution is -0.128. The second-order valence-electron chi connectivity index (χ2n) is 12.4. The normalized spacial score (nSPS) is 14.8. The van der Waals surface area contributed by atoms with Crippen LogP contribution >= 0.6 is 15.9 Å². The Kier molecular flexibility index (Phi) is 14.0. The minimum atomic E-state index is -0.810. The molecule has 0 bridgehead atoms. The highest BCUT2D eigenvalue weighted by atomic mass is 79.9. The Bertz CT molecular complexity index is 1620. The number of unbranched alkanes of at least 4 members (excludes halogenated alkanes) is 1. The number of imidazole rings is 1. The Labute approximate surface area is 301 Å². The minimum absolute atomic E-state index is 0.0524. The van der Waals surface area contributed by atoms with E-state index in [0.717, 1.165) is 45.4 Å². The van der Waals surface area contributed by atoms with Crippen molar-refractivity contribution in [1.29, 1.82) is 0 Å². The number of carbonyl (C=O) groups excluding carboxylic acids is 2. The van der Waals surface area contributed by atoms with Gasteiger partial charge in [-0.25, -0.2) is 9.78 Å². The van der Waals surface area contributed by atoms with E-state index in [2.05, 4.69) is 31.4 Å². The van der Waals surface area contributed by atoms with Crippen molar-refractivity contribution in [3.05, 3.63) is 52.5 Å². The van der Waals surface area contributed by atoms with Crippen LogP contribution < -0.4 is 4.90 Å². The molecule has 0 atom stereocenters. The van der Waals surface area contributed by atoms with Crippen molar-refractivity contribution < 1.29 is 38.0 Å². The maximum absolute atomic E-state index is 14.1. The number of likely N-dealkylation sites (tertiary alicyclic amines) is 1. The van der Waals surface area contributed by atoms with Crippen LogP contribution in [0, 0.1) is 12.3 Å². The molecule has 1 spiro atoms. The average molecular weight is 757 g/mol. The molecule has 2 aliphatic rings. The van der Waals surface area contributed by atoms with Crippen LogP contribution in [-0.2, 0) is 51.7 Å². The zero-order valence-electron chi connectivity index (χ0n) is 28.8. The van der Waals surface area contributed by atoms with Crippen LogP contribution in [0.1, 0.15) is 38.1 Å². The van der Waals surface area contributed by atoms with Gasteiger partial charge in [0.05, 0.1) is 88.4 Å². The van der Waals surface area contributed by atoms with Crippen molar-refractivity contribution >= 4 is 44.7 Å². The minimum Gasteiger partial charge on any atom is -0.447 e. The fourth-order valence-corrected chi connectivity index (χ4v) is 6.46. The lowest BCUT2D eigenvalue weighted by atomic mass is 9.75. The largest absolute Gasteiger partial charge is 0.447 e. The van der Waals surface area contributed by atoms with Gasteiger partial charge in [0.2, 0.25) is 5.91 Å². The Morgan fingerprint density at radius 2 is 1.62 bits per heavy atom. The van der Waals surface area contributed by atoms with Crippen LogP contribution in [0.2, 0.25) is 0 Å². The number of amides is 2. The van der Waals surface area contributed by atoms with E-state index in [1.807, 2.05) is 38.1 Å². The van der Waals surface area contributed by atoms with Crippen LogP contribution in [0.3, 0.4) is 0 Å². The SMILES string of the molecule is C#CCOCCOCCOCCOCCOCCCCn1c(CN2C(=O)C3(CN(C(=O)OC(C)C)C3)c3ccncc32)nc2cc(Br)ccc21. The van der Waals surface area contributed by atoms with Crippen molar-refractivity contribution in [2.45, 2.75) is 51.3 Å². The van der Waals surface area contributed by atoms with Gasteiger partial charge >= 0.3 is 6.09 Å². The molecular weight excluding hydrogens is 710 g/mol. The number of halogens is 1. The van der Waals surface area contributed by atoms with Crippen molar-refractivity contribution in [3.63, 3.8) is 0 Å². The second-order valence-corrected chi connectivity index (χ2v) is 13.3. The van der Waals surface area contributed by atoms with Crippen molar-refractivity contribution in [2.24, 2.45) is 0 Å². The Morgan fingerprint density at radius 3 is 2.28 bits per heavy atom. The molecule has 1 aromatic carbocycles. The molecule has 4 heterocycles. The summed E-state index contributed by atoms with van der Waals surface area (Å²) in [5, 5.41) is 0. The number of hydrogen-bond donors (Lipinski definition) is 0. The number of benzene rings is 1. The molecule has 270 valence electrons. The number of ether oxygens (including phenoxy) is 6. The van der Waals surface area contributed by atoms with Gasteiger partial charge < -0.3 is 42.8 Å². The summed E-state index contributed by atoms with van der Waals surface area (Å²) in [7, 11) is 0. The summed E-state index contributed by atoms with van der Waals surface area (Å²) in [6.45, 7) is 10.0. The summed E-state index contributed by atoms with van der Waals surface area (Å²) in [6.07, 6.45) is 9.63. The van der Waals surface area contributed by atoms with Gasteiger partial charge in [0.1, 0.15) is 17.8 Å². The predicted octanol–water partition coefficient (Wildman–Crippen LogP) is 4.34. The molecule has 2 amide bonds. The fraction of sp³-hybridized carbons (Fsp3) is 0.556. The molecule has 1 saturated heterocycles. The van der Waals surface area contributed by atoms with Gasteiger partial charge in [-0.3, -0.25) is 9.78 Å². The molecule has 0 aliphatic carbocycles. The number of carbonyl (C=O) groups is 2. The number of rotatable bonds is 21. The summed E-state index contributed by atoms with van der Waals surface area (Å²) < 4.78 is 35.9. The maximum Gasteiger partial charge on any atom is 0.410 e. The molecule has 1 fully saturated rings. The smallest absolute Gasteiger partial charge is 0.410 e. The van der Waals surface area contributed by atoms with E-state index in [1.54, 1.807) is 22.2 Å². The summed E-state index contributed by atoms with van der Waals surface area (Å²) in [4.78, 5) is 39.3. The highest BCUT2D eigenvalue weighted by Crippen LogP contribution is 2.47. The average Bonchev–Trinajstić information content (AvgIpc) is 3.53. The number of nitrogens with zero attached hydrogens (tertiary/aromatic N) is 5. The highest BCUT2D eigenvalue weighted by molar-refractivity contribution is 9.10. The van der Waals surface area contributed by atoms with Crippen molar-refractivity contribution in [2.75, 3.05) is 84.1 Å². The number of terminal acetylenes is 1. The van der Waals surface area contributed by atoms with Gasteiger partial charge in [0.15, 0.2) is 0 Å². The van der Waals surface area contributed by atoms with E-state index in [9.17, 15) is 9.59 Å². The number of aryl methyl sites for hydroxylation is 1. The quantitative estimate of drug-likeness (QED) is 0.115. The Morgan fingerprint density at radius 1 is 0.960 bits per heavy atom. The van der Waals surface area contributed by atoms with Crippen LogP contribution in [0.5, 0.6) is 0 Å². The van der Waals surface area contributed by atoms with E-state index in [4.69, 9.17) is 39.8 Å². The van der Waals surface area contributed by atoms with Gasteiger partial charge in [0, 0.05) is 36.9 Å². The zero-order valence-corrected chi connectivity index (χ0v) is 30.4. The summed E-state index contributed by atoms with van der Waals surface area (Å²) in [6, 6.07) is 7.92. The van der Waals surface area contributed by atoms with E-state index >= 15 is 0 Å². The maximum atomic E-state index is 14.1. The number of aromatic nitrogens is 3. The molecule has 5 rings (SSSR count). The molecule has 14 heteroatoms. The Hall–Kier alpha value is -3.58. The van der Waals surface area contributed by atoms with Crippen LogP contribution in [-0.4, -0.2) is 117 Å². The van der Waals surface area contributed by atoms with Gasteiger partial charge in [-0.2, -0.15) is 0 Å². The van der Waals surface area contributed by atoms with E-state index < -0.39 is 11.5 Å². The van der Waals surface area contributed by atoms with Crippen molar-refractivity contribution in [3.8, 4) is 12.3 Å². The first kappa shape index (κ1) is 37.7. The third-order valence-corrected chi connectivity index (χ3v) is 8.95. The lowest BCUT2D eigenvalue weighted by Crippen LogP contribution is -2.65. The number of hydrogen-bond acceptors (Lipinski definition) is 10. The predicted molar refractivity (Wildman–Crippen MR) is 190 cm³/mol. The topological polar surface area (TPSA) is 127 Å². The summed E-state index contributed by atoms with van der Waals surface area (Å²) in [5.41, 5.74) is 2.68. The highest BCUT2D eigenvalue weighted by Gasteiger charge is 2.59. The summed E-state index contributed by atoms with van der Waals surface area (Å²) in [5.74, 6) is 3.14. The first-order chi connectivity index (χ1) is 24.3. The molecule has 0 saturated carbocycles. The standard InChI is InChI=1S/C36H46BrN5O8/c1-4-12-45-14-16-47-18-20-49-21-19-48-17-15-46-13-6-5-11-41-31-8-7-28(37)22-30(31)39-33(41)24-42-32-23-38-10-9-29(32)36(34(42)43)25-40(26-36)35(44)50-27(2)3/h1,7-10,22-23,27H,5-6,11-21,24-26H2,2-3H3. The molecule has 0 radical (unpaired) electrons. The van der Waals surface area contributed by atoms with Gasteiger partial charge in [-0.05, 0) is 56.5 Å². The molecule has 50 heavy (non-hydrogen) atoms. The third-order valence-electron chi connectivity index (χ3n) is 8.46. The van der Waals surface area contributed by atoms with Gasteiger partial charge in [0.25, 0.3) is 0 Å². The second kappa shape index (κ2) is 18.6. The monoisotopic (exact) mass is 755 g/mol.